The molecule has 0 aliphatic rings. The van der Waals surface area contributed by atoms with Crippen molar-refractivity contribution in [2.45, 2.75) is 6.92 Å². The molecule has 0 aliphatic carbocycles. The number of nitrogens with two attached hydrogens (primary N) is 1. The number of nitrogen functional groups attached to an aromatic ring is 1. The first-order valence-electron chi connectivity index (χ1n) is 4.31. The summed E-state index contributed by atoms with van der Waals surface area (Å²) in [5, 5.41) is 2.53. The molecular formula is C10H11N3O2. The van der Waals surface area contributed by atoms with Crippen molar-refractivity contribution >= 4 is 11.6 Å². The van der Waals surface area contributed by atoms with Gasteiger partial charge in [0.25, 0.3) is 5.56 Å². The highest BCUT2D eigenvalue weighted by atomic mass is 16.1. The number of hydrogen-bond acceptors (Lipinski definition) is 3. The van der Waals surface area contributed by atoms with Gasteiger partial charge < -0.3 is 16.0 Å². The minimum absolute atomic E-state index is 0.126. The molecule has 0 spiro atoms. The van der Waals surface area contributed by atoms with E-state index in [0.717, 1.165) is 0 Å². The summed E-state index contributed by atoms with van der Waals surface area (Å²) in [4.78, 5) is 23.9. The summed E-state index contributed by atoms with van der Waals surface area (Å²) in [5.41, 5.74) is 5.80. The van der Waals surface area contributed by atoms with Crippen LogP contribution in [-0.2, 0) is 4.79 Å². The van der Waals surface area contributed by atoms with Gasteiger partial charge in [0.2, 0.25) is 5.91 Å². The average Bonchev–Trinajstić information content (AvgIpc) is 2.18. The maximum Gasteiger partial charge on any atom is 0.271 e. The van der Waals surface area contributed by atoms with Crippen LogP contribution in [0.25, 0.3) is 0 Å². The molecule has 0 saturated carbocycles. The van der Waals surface area contributed by atoms with Crippen LogP contribution in [-0.4, -0.2) is 17.4 Å². The van der Waals surface area contributed by atoms with Gasteiger partial charge in [-0.1, -0.05) is 11.8 Å². The number of rotatable bonds is 1. The van der Waals surface area contributed by atoms with E-state index in [4.69, 9.17) is 5.73 Å². The molecule has 0 bridgehead atoms. The van der Waals surface area contributed by atoms with Crippen molar-refractivity contribution in [2.24, 2.45) is 0 Å². The number of H-pyrrole nitrogens is 1. The molecule has 0 aromatic carbocycles. The molecular weight excluding hydrogens is 194 g/mol. The number of pyridine rings is 1. The van der Waals surface area contributed by atoms with Crippen LogP contribution < -0.4 is 16.6 Å². The van der Waals surface area contributed by atoms with Crippen LogP contribution in [0.15, 0.2) is 17.1 Å². The molecule has 1 aromatic heterocycles. The van der Waals surface area contributed by atoms with E-state index in [-0.39, 0.29) is 23.7 Å². The van der Waals surface area contributed by atoms with E-state index in [9.17, 15) is 9.59 Å². The van der Waals surface area contributed by atoms with Gasteiger partial charge in [0, 0.05) is 18.7 Å². The standard InChI is InChI=1S/C10H11N3O2/c1-7(14)12-4-2-3-8-5-9(11)10(15)13-6-8/h5-6H,4,11H2,1H3,(H,12,14)(H,13,15). The Balaban J connectivity index is 2.68. The minimum atomic E-state index is -0.331. The summed E-state index contributed by atoms with van der Waals surface area (Å²) in [6, 6.07) is 1.49. The van der Waals surface area contributed by atoms with Gasteiger partial charge >= 0.3 is 0 Å². The first kappa shape index (κ1) is 10.9. The molecule has 0 unspecified atom stereocenters. The molecule has 5 heteroatoms. The number of carbonyl (C=O) groups is 1. The molecule has 1 heterocycles. The van der Waals surface area contributed by atoms with E-state index in [0.29, 0.717) is 5.56 Å². The SMILES string of the molecule is CC(=O)NCC#Cc1c[nH]c(=O)c(N)c1. The topological polar surface area (TPSA) is 88.0 Å². The van der Waals surface area contributed by atoms with Crippen LogP contribution in [0, 0.1) is 11.8 Å². The van der Waals surface area contributed by atoms with Crippen LogP contribution in [0.3, 0.4) is 0 Å². The number of hydrogen-bond donors (Lipinski definition) is 3. The van der Waals surface area contributed by atoms with Gasteiger partial charge in [-0.15, -0.1) is 0 Å². The quantitative estimate of drug-likeness (QED) is 0.537. The van der Waals surface area contributed by atoms with Gasteiger partial charge in [-0.3, -0.25) is 9.59 Å². The summed E-state index contributed by atoms with van der Waals surface area (Å²) in [7, 11) is 0. The van der Waals surface area contributed by atoms with Crippen molar-refractivity contribution in [2.75, 3.05) is 12.3 Å². The van der Waals surface area contributed by atoms with Crippen LogP contribution in [0.4, 0.5) is 5.69 Å². The normalized spacial score (nSPS) is 8.87. The Morgan fingerprint density at radius 1 is 1.67 bits per heavy atom. The lowest BCUT2D eigenvalue weighted by atomic mass is 10.2. The molecule has 0 aliphatic heterocycles. The molecule has 1 rings (SSSR count). The van der Waals surface area contributed by atoms with Gasteiger partial charge in [0.15, 0.2) is 0 Å². The molecule has 0 atom stereocenters. The van der Waals surface area contributed by atoms with E-state index in [1.165, 1.54) is 19.2 Å². The van der Waals surface area contributed by atoms with Crippen molar-refractivity contribution < 1.29 is 4.79 Å². The molecule has 0 saturated heterocycles. The molecule has 78 valence electrons. The van der Waals surface area contributed by atoms with E-state index in [2.05, 4.69) is 22.1 Å². The number of anilines is 1. The number of aromatic amines is 1. The lowest BCUT2D eigenvalue weighted by Crippen LogP contribution is -2.19. The summed E-state index contributed by atoms with van der Waals surface area (Å²) >= 11 is 0. The van der Waals surface area contributed by atoms with Crippen LogP contribution in [0.1, 0.15) is 12.5 Å². The molecule has 0 fully saturated rings. The third-order valence-electron chi connectivity index (χ3n) is 1.59. The van der Waals surface area contributed by atoms with Gasteiger partial charge in [-0.25, -0.2) is 0 Å². The fourth-order valence-corrected chi connectivity index (χ4v) is 0.888. The largest absolute Gasteiger partial charge is 0.394 e. The summed E-state index contributed by atoms with van der Waals surface area (Å²) in [6.45, 7) is 1.69. The highest BCUT2D eigenvalue weighted by molar-refractivity contribution is 5.73. The van der Waals surface area contributed by atoms with Crippen molar-refractivity contribution in [3.63, 3.8) is 0 Å². The first-order chi connectivity index (χ1) is 7.09. The summed E-state index contributed by atoms with van der Waals surface area (Å²) in [6.07, 6.45) is 1.47. The maximum absolute atomic E-state index is 10.9. The van der Waals surface area contributed by atoms with Crippen LogP contribution in [0.2, 0.25) is 0 Å². The molecule has 1 amide bonds. The average molecular weight is 205 g/mol. The molecule has 5 nitrogen and oxygen atoms in total. The lowest BCUT2D eigenvalue weighted by molar-refractivity contribution is -0.118. The van der Waals surface area contributed by atoms with Crippen LogP contribution >= 0.6 is 0 Å². The highest BCUT2D eigenvalue weighted by Crippen LogP contribution is 1.96. The van der Waals surface area contributed by atoms with Gasteiger partial charge in [0.1, 0.15) is 0 Å². The number of aromatic nitrogens is 1. The Kier molecular flexibility index (Phi) is 3.52. The Morgan fingerprint density at radius 3 is 3.00 bits per heavy atom. The van der Waals surface area contributed by atoms with Crippen LogP contribution in [0.5, 0.6) is 0 Å². The zero-order chi connectivity index (χ0) is 11.3. The predicted molar refractivity (Wildman–Crippen MR) is 57.0 cm³/mol. The smallest absolute Gasteiger partial charge is 0.271 e. The third-order valence-corrected chi connectivity index (χ3v) is 1.59. The van der Waals surface area contributed by atoms with Gasteiger partial charge in [-0.05, 0) is 6.07 Å². The molecule has 15 heavy (non-hydrogen) atoms. The fraction of sp³-hybridized carbons (Fsp3) is 0.200. The van der Waals surface area contributed by atoms with Gasteiger partial charge in [-0.2, -0.15) is 0 Å². The Labute approximate surface area is 86.7 Å². The Hall–Kier alpha value is -2.22. The highest BCUT2D eigenvalue weighted by Gasteiger charge is 1.93. The number of carbonyl (C=O) groups excluding carboxylic acids is 1. The van der Waals surface area contributed by atoms with E-state index in [1.807, 2.05) is 0 Å². The van der Waals surface area contributed by atoms with E-state index in [1.54, 1.807) is 0 Å². The van der Waals surface area contributed by atoms with Crippen molar-refractivity contribution in [3.8, 4) is 11.8 Å². The first-order valence-corrected chi connectivity index (χ1v) is 4.31. The predicted octanol–water partition coefficient (Wildman–Crippen LogP) is -0.555. The molecule has 0 radical (unpaired) electrons. The van der Waals surface area contributed by atoms with Crippen molar-refractivity contribution in [1.29, 1.82) is 0 Å². The summed E-state index contributed by atoms with van der Waals surface area (Å²) < 4.78 is 0. The fourth-order valence-electron chi connectivity index (χ4n) is 0.888. The number of amides is 1. The number of nitrogens with one attached hydrogen (secondary N) is 2. The summed E-state index contributed by atoms with van der Waals surface area (Å²) in [5.74, 6) is 5.34. The van der Waals surface area contributed by atoms with E-state index >= 15 is 0 Å². The van der Waals surface area contributed by atoms with Gasteiger partial charge in [0.05, 0.1) is 12.2 Å². The lowest BCUT2D eigenvalue weighted by Gasteiger charge is -1.93. The second kappa shape index (κ2) is 4.86. The van der Waals surface area contributed by atoms with E-state index < -0.39 is 0 Å². The molecule has 4 N–H and O–H groups in total. The zero-order valence-electron chi connectivity index (χ0n) is 8.26. The van der Waals surface area contributed by atoms with Crippen molar-refractivity contribution in [3.05, 3.63) is 28.2 Å². The second-order valence-electron chi connectivity index (χ2n) is 2.88. The Morgan fingerprint density at radius 2 is 2.40 bits per heavy atom. The zero-order valence-corrected chi connectivity index (χ0v) is 8.26. The molecule has 1 aromatic rings. The maximum atomic E-state index is 10.9. The van der Waals surface area contributed by atoms with Crippen molar-refractivity contribution in [1.82, 2.24) is 10.3 Å². The monoisotopic (exact) mass is 205 g/mol. The third kappa shape index (κ3) is 3.56. The minimum Gasteiger partial charge on any atom is -0.394 e. The second-order valence-corrected chi connectivity index (χ2v) is 2.88. The Bertz CT molecular complexity index is 479.